The first kappa shape index (κ1) is 13.2. The van der Waals surface area contributed by atoms with Crippen LogP contribution in [0.15, 0.2) is 0 Å². The summed E-state index contributed by atoms with van der Waals surface area (Å²) in [4.78, 5) is 2.26. The molecule has 0 aromatic rings. The van der Waals surface area contributed by atoms with Crippen molar-refractivity contribution in [1.82, 2.24) is 4.90 Å². The van der Waals surface area contributed by atoms with Gasteiger partial charge in [0.1, 0.15) is 0 Å². The number of hydrogen-bond acceptors (Lipinski definition) is 2. The molecule has 0 aromatic heterocycles. The average molecular weight is 208 g/mol. The van der Waals surface area contributed by atoms with Gasteiger partial charge in [0.05, 0.1) is 6.10 Å². The van der Waals surface area contributed by atoms with Crippen molar-refractivity contribution in [2.75, 3.05) is 19.0 Å². The van der Waals surface area contributed by atoms with Crippen molar-refractivity contribution in [2.45, 2.75) is 39.8 Å². The smallest absolute Gasteiger partial charge is 0.0802 e. The first-order valence-corrected chi connectivity index (χ1v) is 5.48. The van der Waals surface area contributed by atoms with Crippen LogP contribution in [-0.2, 0) is 0 Å². The third-order valence-corrected chi connectivity index (χ3v) is 2.31. The Morgan fingerprint density at radius 2 is 1.69 bits per heavy atom. The minimum absolute atomic E-state index is 0.321. The first-order chi connectivity index (χ1) is 5.97. The fourth-order valence-corrected chi connectivity index (χ4v) is 1.38. The molecule has 0 fully saturated rings. The molecular weight excluding hydrogens is 186 g/mol. The molecule has 2 nitrogen and oxygen atoms in total. The fourth-order valence-electron chi connectivity index (χ4n) is 1.28. The molecule has 0 aliphatic heterocycles. The molecule has 1 unspecified atom stereocenters. The van der Waals surface area contributed by atoms with Crippen LogP contribution in [0.5, 0.6) is 0 Å². The zero-order valence-corrected chi connectivity index (χ0v) is 9.88. The highest BCUT2D eigenvalue weighted by molar-refractivity contribution is 6.18. The minimum Gasteiger partial charge on any atom is -0.391 e. The lowest BCUT2D eigenvalue weighted by Gasteiger charge is -2.29. The molecule has 0 bridgehead atoms. The molecule has 1 atom stereocenters. The third-order valence-electron chi connectivity index (χ3n) is 1.95. The number of hydrogen-bond donors (Lipinski definition) is 1. The van der Waals surface area contributed by atoms with Gasteiger partial charge < -0.3 is 5.11 Å². The van der Waals surface area contributed by atoms with E-state index in [1.54, 1.807) is 0 Å². The molecule has 0 aromatic carbocycles. The second-order valence-corrected chi connectivity index (χ2v) is 4.56. The summed E-state index contributed by atoms with van der Waals surface area (Å²) in [6.07, 6.45) is -0.400. The molecule has 0 saturated heterocycles. The molecule has 0 spiro atoms. The van der Waals surface area contributed by atoms with Crippen LogP contribution < -0.4 is 0 Å². The van der Waals surface area contributed by atoms with Crippen molar-refractivity contribution in [3.05, 3.63) is 0 Å². The number of aliphatic hydroxyl groups is 1. The van der Waals surface area contributed by atoms with E-state index in [2.05, 4.69) is 32.6 Å². The van der Waals surface area contributed by atoms with Crippen LogP contribution in [-0.4, -0.2) is 41.1 Å². The number of nitrogens with zero attached hydrogens (tertiary/aromatic N) is 1. The molecule has 0 heterocycles. The SMILES string of the molecule is CC(C)CN(CC(O)CCl)C(C)C. The van der Waals surface area contributed by atoms with Crippen molar-refractivity contribution < 1.29 is 5.11 Å². The molecule has 3 heteroatoms. The van der Waals surface area contributed by atoms with E-state index >= 15 is 0 Å². The van der Waals surface area contributed by atoms with Gasteiger partial charge in [0.15, 0.2) is 0 Å². The zero-order valence-electron chi connectivity index (χ0n) is 9.13. The highest BCUT2D eigenvalue weighted by Crippen LogP contribution is 2.05. The van der Waals surface area contributed by atoms with Gasteiger partial charge >= 0.3 is 0 Å². The van der Waals surface area contributed by atoms with Gasteiger partial charge in [-0.05, 0) is 19.8 Å². The molecule has 13 heavy (non-hydrogen) atoms. The maximum Gasteiger partial charge on any atom is 0.0802 e. The molecule has 0 aliphatic rings. The van der Waals surface area contributed by atoms with Crippen LogP contribution >= 0.6 is 11.6 Å². The summed E-state index contributed by atoms with van der Waals surface area (Å²) >= 11 is 5.56. The number of rotatable bonds is 6. The second-order valence-electron chi connectivity index (χ2n) is 4.25. The Kier molecular flexibility index (Phi) is 6.74. The van der Waals surface area contributed by atoms with Crippen molar-refractivity contribution >= 4 is 11.6 Å². The highest BCUT2D eigenvalue weighted by Gasteiger charge is 2.14. The Balaban J connectivity index is 3.94. The normalized spacial score (nSPS) is 14.5. The number of alkyl halides is 1. The van der Waals surface area contributed by atoms with Crippen molar-refractivity contribution in [1.29, 1.82) is 0 Å². The lowest BCUT2D eigenvalue weighted by Crippen LogP contribution is -2.40. The van der Waals surface area contributed by atoms with E-state index in [4.69, 9.17) is 11.6 Å². The summed E-state index contributed by atoms with van der Waals surface area (Å²) in [5.74, 6) is 0.950. The van der Waals surface area contributed by atoms with E-state index in [0.717, 1.165) is 6.54 Å². The molecule has 0 amide bonds. The molecule has 0 saturated carbocycles. The summed E-state index contributed by atoms with van der Waals surface area (Å²) in [5.41, 5.74) is 0. The van der Waals surface area contributed by atoms with Crippen LogP contribution in [0.3, 0.4) is 0 Å². The van der Waals surface area contributed by atoms with Gasteiger partial charge in [-0.1, -0.05) is 13.8 Å². The number of halogens is 1. The van der Waals surface area contributed by atoms with Gasteiger partial charge in [-0.15, -0.1) is 11.6 Å². The molecule has 1 N–H and O–H groups in total. The predicted molar refractivity (Wildman–Crippen MR) is 58.3 cm³/mol. The Bertz CT molecular complexity index is 128. The summed E-state index contributed by atoms with van der Waals surface area (Å²) in [7, 11) is 0. The summed E-state index contributed by atoms with van der Waals surface area (Å²) < 4.78 is 0. The van der Waals surface area contributed by atoms with E-state index in [0.29, 0.717) is 24.4 Å². The highest BCUT2D eigenvalue weighted by atomic mass is 35.5. The maximum atomic E-state index is 9.42. The summed E-state index contributed by atoms with van der Waals surface area (Å²) in [5, 5.41) is 9.42. The summed E-state index contributed by atoms with van der Waals surface area (Å²) in [6.45, 7) is 10.3. The molecule has 0 radical (unpaired) electrons. The maximum absolute atomic E-state index is 9.42. The van der Waals surface area contributed by atoms with Crippen LogP contribution in [0, 0.1) is 5.92 Å². The lowest BCUT2D eigenvalue weighted by molar-refractivity contribution is 0.101. The second kappa shape index (κ2) is 6.63. The number of aliphatic hydroxyl groups excluding tert-OH is 1. The zero-order chi connectivity index (χ0) is 10.4. The van der Waals surface area contributed by atoms with Crippen molar-refractivity contribution in [3.8, 4) is 0 Å². The van der Waals surface area contributed by atoms with Crippen molar-refractivity contribution in [3.63, 3.8) is 0 Å². The molecular formula is C10H22ClNO. The topological polar surface area (TPSA) is 23.5 Å². The van der Waals surface area contributed by atoms with Gasteiger partial charge in [0, 0.05) is 25.0 Å². The molecule has 0 rings (SSSR count). The van der Waals surface area contributed by atoms with Gasteiger partial charge in [-0.3, -0.25) is 4.90 Å². The predicted octanol–water partition coefficient (Wildman–Crippen LogP) is 1.95. The van der Waals surface area contributed by atoms with Gasteiger partial charge in [0.2, 0.25) is 0 Å². The van der Waals surface area contributed by atoms with Gasteiger partial charge in [0.25, 0.3) is 0 Å². The standard InChI is InChI=1S/C10H22ClNO/c1-8(2)6-12(9(3)4)7-10(13)5-11/h8-10,13H,5-7H2,1-4H3. The van der Waals surface area contributed by atoms with E-state index in [9.17, 15) is 5.11 Å². The van der Waals surface area contributed by atoms with E-state index in [-0.39, 0.29) is 0 Å². The van der Waals surface area contributed by atoms with Crippen LogP contribution in [0.1, 0.15) is 27.7 Å². The van der Waals surface area contributed by atoms with Gasteiger partial charge in [-0.2, -0.15) is 0 Å². The van der Waals surface area contributed by atoms with E-state index in [1.807, 2.05) is 0 Å². The van der Waals surface area contributed by atoms with Crippen LogP contribution in [0.25, 0.3) is 0 Å². The molecule has 0 aliphatic carbocycles. The Hall–Kier alpha value is 0.210. The van der Waals surface area contributed by atoms with Crippen molar-refractivity contribution in [2.24, 2.45) is 5.92 Å². The summed E-state index contributed by atoms with van der Waals surface area (Å²) in [6, 6.07) is 0.472. The Labute approximate surface area is 86.9 Å². The third kappa shape index (κ3) is 6.30. The average Bonchev–Trinajstić information content (AvgIpc) is 2.02. The Morgan fingerprint density at radius 3 is 2.00 bits per heavy atom. The largest absolute Gasteiger partial charge is 0.391 e. The lowest BCUT2D eigenvalue weighted by atomic mass is 10.1. The first-order valence-electron chi connectivity index (χ1n) is 4.95. The van der Waals surface area contributed by atoms with E-state index < -0.39 is 6.10 Å². The Morgan fingerprint density at radius 1 is 1.15 bits per heavy atom. The van der Waals surface area contributed by atoms with Gasteiger partial charge in [-0.25, -0.2) is 0 Å². The quantitative estimate of drug-likeness (QED) is 0.674. The molecule has 80 valence electrons. The monoisotopic (exact) mass is 207 g/mol. The van der Waals surface area contributed by atoms with E-state index in [1.165, 1.54) is 0 Å². The minimum atomic E-state index is -0.400. The van der Waals surface area contributed by atoms with Crippen LogP contribution in [0.2, 0.25) is 0 Å². The van der Waals surface area contributed by atoms with Crippen LogP contribution in [0.4, 0.5) is 0 Å². The fraction of sp³-hybridized carbons (Fsp3) is 1.00.